The molecule has 0 aromatic heterocycles. The van der Waals surface area contributed by atoms with Gasteiger partial charge in [-0.3, -0.25) is 9.59 Å². The van der Waals surface area contributed by atoms with Gasteiger partial charge in [-0.15, -0.1) is 0 Å². The van der Waals surface area contributed by atoms with Crippen LogP contribution in [0.2, 0.25) is 0 Å². The number of carbonyl (C=O) groups excluding carboxylic acids is 2. The minimum absolute atomic E-state index is 0.207. The summed E-state index contributed by atoms with van der Waals surface area (Å²) >= 11 is 0. The number of esters is 2. The predicted molar refractivity (Wildman–Crippen MR) is 43.3 cm³/mol. The molecule has 0 bridgehead atoms. The van der Waals surface area contributed by atoms with Crippen molar-refractivity contribution in [3.8, 4) is 0 Å². The fourth-order valence-electron chi connectivity index (χ4n) is 1.07. The van der Waals surface area contributed by atoms with Crippen LogP contribution in [0.3, 0.4) is 0 Å². The van der Waals surface area contributed by atoms with Gasteiger partial charge in [0.2, 0.25) is 0 Å². The van der Waals surface area contributed by atoms with Gasteiger partial charge in [0.15, 0.2) is 0 Å². The first kappa shape index (κ1) is 8.97. The number of cyclic esters (lactones) is 2. The molecule has 0 spiro atoms. The maximum absolute atomic E-state index is 10.9. The first-order chi connectivity index (χ1) is 5.74. The van der Waals surface area contributed by atoms with Crippen LogP contribution in [-0.2, 0) is 14.3 Å². The zero-order valence-corrected chi connectivity index (χ0v) is 7.08. The second-order valence-electron chi connectivity index (χ2n) is 2.82. The van der Waals surface area contributed by atoms with Crippen LogP contribution in [0.15, 0.2) is 12.2 Å². The molecule has 0 saturated carbocycles. The van der Waals surface area contributed by atoms with E-state index in [0.29, 0.717) is 0 Å². The van der Waals surface area contributed by atoms with Gasteiger partial charge >= 0.3 is 11.9 Å². The smallest absolute Gasteiger partial charge is 0.321 e. The molecule has 0 aromatic rings. The average molecular weight is 168 g/mol. The topological polar surface area (TPSA) is 43.4 Å². The molecular formula is C9H12O3. The predicted octanol–water partition coefficient (Wildman–Crippen LogP) is 1.43. The lowest BCUT2D eigenvalue weighted by Gasteiger charge is -1.93. The fraction of sp³-hybridized carbons (Fsp3) is 0.556. The third-order valence-electron chi connectivity index (χ3n) is 1.73. The van der Waals surface area contributed by atoms with Crippen molar-refractivity contribution in [3.63, 3.8) is 0 Å². The molecule has 1 atom stereocenters. The van der Waals surface area contributed by atoms with Crippen LogP contribution in [0.5, 0.6) is 0 Å². The van der Waals surface area contributed by atoms with E-state index in [9.17, 15) is 9.59 Å². The highest BCUT2D eigenvalue weighted by molar-refractivity contribution is 5.95. The van der Waals surface area contributed by atoms with Crippen molar-refractivity contribution in [1.29, 1.82) is 0 Å². The van der Waals surface area contributed by atoms with Gasteiger partial charge in [0, 0.05) is 0 Å². The maximum Gasteiger partial charge on any atom is 0.321 e. The van der Waals surface area contributed by atoms with Gasteiger partial charge in [-0.05, 0) is 6.42 Å². The van der Waals surface area contributed by atoms with E-state index in [4.69, 9.17) is 0 Å². The van der Waals surface area contributed by atoms with E-state index >= 15 is 0 Å². The third kappa shape index (κ3) is 2.19. The molecule has 1 heterocycles. The number of rotatable bonds is 3. The molecule has 0 aromatic carbocycles. The van der Waals surface area contributed by atoms with Crippen molar-refractivity contribution < 1.29 is 14.3 Å². The van der Waals surface area contributed by atoms with Gasteiger partial charge in [-0.2, -0.15) is 0 Å². The van der Waals surface area contributed by atoms with Crippen LogP contribution < -0.4 is 0 Å². The second kappa shape index (κ2) is 4.04. The minimum atomic E-state index is -0.411. The van der Waals surface area contributed by atoms with E-state index in [1.807, 2.05) is 6.08 Å². The number of ether oxygens (including phenoxy) is 1. The Morgan fingerprint density at radius 3 is 2.83 bits per heavy atom. The second-order valence-corrected chi connectivity index (χ2v) is 2.82. The summed E-state index contributed by atoms with van der Waals surface area (Å²) in [5.41, 5.74) is 0. The zero-order chi connectivity index (χ0) is 8.97. The maximum atomic E-state index is 10.9. The molecule has 1 unspecified atom stereocenters. The standard InChI is InChI=1S/C9H12O3/c1-2-3-4-5-7-6-8(10)12-9(7)11/h4-5,7H,2-3,6H2,1H3/b5-4-. The minimum Gasteiger partial charge on any atom is -0.393 e. The molecule has 0 aliphatic carbocycles. The summed E-state index contributed by atoms with van der Waals surface area (Å²) < 4.78 is 4.38. The quantitative estimate of drug-likeness (QED) is 0.364. The van der Waals surface area contributed by atoms with E-state index in [-0.39, 0.29) is 12.3 Å². The molecule has 1 saturated heterocycles. The summed E-state index contributed by atoms with van der Waals surface area (Å²) in [7, 11) is 0. The SMILES string of the molecule is CCC/C=C\C1CC(=O)OC1=O. The molecule has 12 heavy (non-hydrogen) atoms. The summed E-state index contributed by atoms with van der Waals surface area (Å²) in [6, 6.07) is 0. The summed E-state index contributed by atoms with van der Waals surface area (Å²) in [5.74, 6) is -1.15. The zero-order valence-electron chi connectivity index (χ0n) is 7.08. The molecule has 3 heteroatoms. The first-order valence-electron chi connectivity index (χ1n) is 4.15. The number of hydrogen-bond acceptors (Lipinski definition) is 3. The Hall–Kier alpha value is -1.12. The van der Waals surface area contributed by atoms with Crippen molar-refractivity contribution in [2.75, 3.05) is 0 Å². The van der Waals surface area contributed by atoms with Crippen molar-refractivity contribution >= 4 is 11.9 Å². The van der Waals surface area contributed by atoms with Crippen LogP contribution in [-0.4, -0.2) is 11.9 Å². The molecule has 0 radical (unpaired) electrons. The van der Waals surface area contributed by atoms with Crippen LogP contribution in [0.4, 0.5) is 0 Å². The van der Waals surface area contributed by atoms with Gasteiger partial charge in [-0.25, -0.2) is 0 Å². The normalized spacial score (nSPS) is 23.6. The first-order valence-corrected chi connectivity index (χ1v) is 4.15. The number of hydrogen-bond donors (Lipinski definition) is 0. The Morgan fingerprint density at radius 2 is 2.33 bits per heavy atom. The molecule has 66 valence electrons. The largest absolute Gasteiger partial charge is 0.393 e. The lowest BCUT2D eigenvalue weighted by molar-refractivity contribution is -0.152. The highest BCUT2D eigenvalue weighted by Crippen LogP contribution is 2.17. The van der Waals surface area contributed by atoms with Crippen molar-refractivity contribution in [1.82, 2.24) is 0 Å². The molecule has 0 amide bonds. The Bertz CT molecular complexity index is 218. The van der Waals surface area contributed by atoms with Gasteiger partial charge in [0.25, 0.3) is 0 Å². The lowest BCUT2D eigenvalue weighted by Crippen LogP contribution is -2.03. The van der Waals surface area contributed by atoms with Crippen LogP contribution in [0, 0.1) is 5.92 Å². The Balaban J connectivity index is 2.42. The molecule has 1 aliphatic rings. The summed E-state index contributed by atoms with van der Waals surface area (Å²) in [4.78, 5) is 21.5. The van der Waals surface area contributed by atoms with Crippen LogP contribution in [0.1, 0.15) is 26.2 Å². The molecule has 0 N–H and O–H groups in total. The van der Waals surface area contributed by atoms with Gasteiger partial charge < -0.3 is 4.74 Å². The van der Waals surface area contributed by atoms with Crippen molar-refractivity contribution in [3.05, 3.63) is 12.2 Å². The fourth-order valence-corrected chi connectivity index (χ4v) is 1.07. The third-order valence-corrected chi connectivity index (χ3v) is 1.73. The van der Waals surface area contributed by atoms with Gasteiger partial charge in [-0.1, -0.05) is 25.5 Å². The molecular weight excluding hydrogens is 156 g/mol. The van der Waals surface area contributed by atoms with Crippen molar-refractivity contribution in [2.24, 2.45) is 5.92 Å². The molecule has 1 aliphatic heterocycles. The van der Waals surface area contributed by atoms with Gasteiger partial charge in [0.05, 0.1) is 12.3 Å². The molecule has 1 fully saturated rings. The van der Waals surface area contributed by atoms with Gasteiger partial charge in [0.1, 0.15) is 0 Å². The van der Waals surface area contributed by atoms with E-state index in [2.05, 4.69) is 11.7 Å². The Kier molecular flexibility index (Phi) is 3.02. The highest BCUT2D eigenvalue weighted by atomic mass is 16.6. The lowest BCUT2D eigenvalue weighted by atomic mass is 10.1. The number of carbonyl (C=O) groups is 2. The Morgan fingerprint density at radius 1 is 1.58 bits per heavy atom. The van der Waals surface area contributed by atoms with Crippen molar-refractivity contribution in [2.45, 2.75) is 26.2 Å². The number of unbranched alkanes of at least 4 members (excludes halogenated alkanes) is 1. The summed E-state index contributed by atoms with van der Waals surface area (Å²) in [6.07, 6.45) is 5.88. The molecule has 1 rings (SSSR count). The molecule has 3 nitrogen and oxygen atoms in total. The van der Waals surface area contributed by atoms with Crippen LogP contribution in [0.25, 0.3) is 0 Å². The average Bonchev–Trinajstić information content (AvgIpc) is 2.31. The van der Waals surface area contributed by atoms with E-state index < -0.39 is 11.9 Å². The number of allylic oxidation sites excluding steroid dienone is 1. The highest BCUT2D eigenvalue weighted by Gasteiger charge is 2.30. The van der Waals surface area contributed by atoms with E-state index in [1.54, 1.807) is 6.08 Å². The van der Waals surface area contributed by atoms with E-state index in [1.165, 1.54) is 0 Å². The monoisotopic (exact) mass is 168 g/mol. The van der Waals surface area contributed by atoms with Crippen LogP contribution >= 0.6 is 0 Å². The van der Waals surface area contributed by atoms with E-state index in [0.717, 1.165) is 12.8 Å². The Labute approximate surface area is 71.4 Å². The summed E-state index contributed by atoms with van der Waals surface area (Å²) in [5, 5.41) is 0. The summed E-state index contributed by atoms with van der Waals surface area (Å²) in [6.45, 7) is 2.06.